The van der Waals surface area contributed by atoms with Crippen molar-refractivity contribution in [3.8, 4) is 5.75 Å². The van der Waals surface area contributed by atoms with Crippen LogP contribution in [0.3, 0.4) is 0 Å². The number of halogens is 1. The van der Waals surface area contributed by atoms with Crippen molar-refractivity contribution in [2.45, 2.75) is 13.3 Å². The molecular weight excluding hydrogens is 416 g/mol. The second-order valence-electron chi connectivity index (χ2n) is 8.17. The van der Waals surface area contributed by atoms with Crippen molar-refractivity contribution >= 4 is 35.6 Å². The number of esters is 1. The van der Waals surface area contributed by atoms with Gasteiger partial charge in [-0.15, -0.1) is 0 Å². The quantitative estimate of drug-likeness (QED) is 0.239. The van der Waals surface area contributed by atoms with Gasteiger partial charge >= 0.3 is 5.97 Å². The van der Waals surface area contributed by atoms with Gasteiger partial charge in [-0.1, -0.05) is 41.4 Å². The maximum absolute atomic E-state index is 12.8. The topological polar surface area (TPSA) is 76.0 Å². The molecular formula is C24H19ClN2O4. The zero-order valence-electron chi connectivity index (χ0n) is 16.7. The minimum absolute atomic E-state index is 0.115. The summed E-state index contributed by atoms with van der Waals surface area (Å²) < 4.78 is 5.54. The number of rotatable bonds is 4. The van der Waals surface area contributed by atoms with Crippen LogP contribution in [0, 0.1) is 30.6 Å². The van der Waals surface area contributed by atoms with Crippen LogP contribution >= 0.6 is 11.6 Å². The van der Waals surface area contributed by atoms with Crippen LogP contribution < -0.4 is 4.74 Å². The zero-order chi connectivity index (χ0) is 21.7. The average molecular weight is 435 g/mol. The van der Waals surface area contributed by atoms with E-state index in [1.807, 2.05) is 25.1 Å². The Morgan fingerprint density at radius 1 is 1.10 bits per heavy atom. The number of nitrogens with zero attached hydrogens (tertiary/aromatic N) is 2. The monoisotopic (exact) mass is 434 g/mol. The highest BCUT2D eigenvalue weighted by Crippen LogP contribution is 2.52. The maximum Gasteiger partial charge on any atom is 0.343 e. The van der Waals surface area contributed by atoms with Crippen LogP contribution in [0.15, 0.2) is 59.7 Å². The van der Waals surface area contributed by atoms with Crippen LogP contribution in [0.5, 0.6) is 5.75 Å². The molecule has 156 valence electrons. The number of hydrazone groups is 1. The lowest BCUT2D eigenvalue weighted by Crippen LogP contribution is -2.28. The van der Waals surface area contributed by atoms with Crippen LogP contribution in [-0.4, -0.2) is 29.0 Å². The van der Waals surface area contributed by atoms with Gasteiger partial charge in [-0.05, 0) is 55.5 Å². The van der Waals surface area contributed by atoms with Gasteiger partial charge < -0.3 is 4.74 Å². The normalized spacial score (nSPS) is 26.2. The minimum Gasteiger partial charge on any atom is -0.422 e. The standard InChI is InChI=1S/C24H19ClN2O4/c1-13-3-2-4-16(9-13)24(30)31-19-8-7-18(25)11-17(19)12-26-27-22(28)20-14-5-6-15(10-14)21(20)23(27)29/h2-9,11-12,14-15,20-21H,10H2,1H3/t14-,15-,20-,21+/m0/s1. The van der Waals surface area contributed by atoms with Gasteiger partial charge in [-0.25, -0.2) is 4.79 Å². The second kappa shape index (κ2) is 7.46. The van der Waals surface area contributed by atoms with E-state index in [1.165, 1.54) is 6.21 Å². The highest BCUT2D eigenvalue weighted by molar-refractivity contribution is 6.31. The number of carbonyl (C=O) groups is 3. The summed E-state index contributed by atoms with van der Waals surface area (Å²) in [6, 6.07) is 11.8. The number of allylic oxidation sites excluding steroid dienone is 2. The number of hydrogen-bond acceptors (Lipinski definition) is 5. The Morgan fingerprint density at radius 2 is 1.81 bits per heavy atom. The molecule has 1 heterocycles. The Labute approximate surface area is 184 Å². The molecule has 2 bridgehead atoms. The molecule has 0 aromatic heterocycles. The second-order valence-corrected chi connectivity index (χ2v) is 8.61. The fourth-order valence-electron chi connectivity index (χ4n) is 4.76. The van der Waals surface area contributed by atoms with Crippen LogP contribution in [0.4, 0.5) is 0 Å². The molecule has 4 atom stereocenters. The van der Waals surface area contributed by atoms with E-state index in [1.54, 1.807) is 36.4 Å². The van der Waals surface area contributed by atoms with Gasteiger partial charge in [0.15, 0.2) is 0 Å². The lowest BCUT2D eigenvalue weighted by atomic mass is 9.85. The summed E-state index contributed by atoms with van der Waals surface area (Å²) in [6.07, 6.45) is 6.27. The lowest BCUT2D eigenvalue weighted by Gasteiger charge is -2.13. The zero-order valence-corrected chi connectivity index (χ0v) is 17.5. The van der Waals surface area contributed by atoms with Gasteiger partial charge in [0.25, 0.3) is 11.8 Å². The van der Waals surface area contributed by atoms with E-state index in [0.29, 0.717) is 16.1 Å². The van der Waals surface area contributed by atoms with E-state index in [-0.39, 0.29) is 41.2 Å². The van der Waals surface area contributed by atoms with E-state index in [2.05, 4.69) is 5.10 Å². The van der Waals surface area contributed by atoms with Crippen LogP contribution in [-0.2, 0) is 9.59 Å². The summed E-state index contributed by atoms with van der Waals surface area (Å²) in [4.78, 5) is 38.2. The first-order valence-electron chi connectivity index (χ1n) is 10.1. The van der Waals surface area contributed by atoms with Gasteiger partial charge in [-0.2, -0.15) is 10.1 Å². The Kier molecular flexibility index (Phi) is 4.74. The Hall–Kier alpha value is -3.25. The first-order chi connectivity index (χ1) is 14.9. The van der Waals surface area contributed by atoms with Crippen molar-refractivity contribution < 1.29 is 19.1 Å². The van der Waals surface area contributed by atoms with Crippen LogP contribution in [0.1, 0.15) is 27.9 Å². The first-order valence-corrected chi connectivity index (χ1v) is 10.5. The Morgan fingerprint density at radius 3 is 2.48 bits per heavy atom. The number of imide groups is 1. The van der Waals surface area contributed by atoms with Crippen molar-refractivity contribution in [2.75, 3.05) is 0 Å². The predicted molar refractivity (Wildman–Crippen MR) is 115 cm³/mol. The van der Waals surface area contributed by atoms with Crippen molar-refractivity contribution in [1.82, 2.24) is 5.01 Å². The van der Waals surface area contributed by atoms with E-state index in [0.717, 1.165) is 17.0 Å². The molecule has 0 N–H and O–H groups in total. The molecule has 0 spiro atoms. The van der Waals surface area contributed by atoms with E-state index in [4.69, 9.17) is 16.3 Å². The molecule has 1 saturated carbocycles. The minimum atomic E-state index is -0.522. The van der Waals surface area contributed by atoms with Crippen LogP contribution in [0.2, 0.25) is 5.02 Å². The Bertz CT molecular complexity index is 1140. The van der Waals surface area contributed by atoms with Crippen molar-refractivity contribution in [3.63, 3.8) is 0 Å². The molecule has 2 aromatic rings. The summed E-state index contributed by atoms with van der Waals surface area (Å²) in [5.41, 5.74) is 1.75. The molecule has 7 heteroatoms. The van der Waals surface area contributed by atoms with Crippen LogP contribution in [0.25, 0.3) is 0 Å². The van der Waals surface area contributed by atoms with Gasteiger partial charge in [-0.3, -0.25) is 9.59 Å². The van der Waals surface area contributed by atoms with Crippen molar-refractivity contribution in [3.05, 3.63) is 76.3 Å². The molecule has 2 amide bonds. The smallest absolute Gasteiger partial charge is 0.343 e. The summed E-state index contributed by atoms with van der Waals surface area (Å²) in [7, 11) is 0. The molecule has 6 nitrogen and oxygen atoms in total. The third-order valence-electron chi connectivity index (χ3n) is 6.19. The molecule has 1 aliphatic heterocycles. The molecule has 2 aliphatic carbocycles. The number of hydrogen-bond donors (Lipinski definition) is 0. The van der Waals surface area contributed by atoms with Gasteiger partial charge in [0.2, 0.25) is 0 Å². The number of ether oxygens (including phenoxy) is 1. The molecule has 31 heavy (non-hydrogen) atoms. The third-order valence-corrected chi connectivity index (χ3v) is 6.42. The SMILES string of the molecule is Cc1cccc(C(=O)Oc2ccc(Cl)cc2C=NN2C(=O)[C@@H]3[C@H](C2=O)[C@H]2C=C[C@H]3C2)c1. The highest BCUT2D eigenvalue weighted by Gasteiger charge is 2.59. The molecule has 2 aromatic carbocycles. The van der Waals surface area contributed by atoms with E-state index < -0.39 is 5.97 Å². The number of benzene rings is 2. The molecule has 0 unspecified atom stereocenters. The largest absolute Gasteiger partial charge is 0.422 e. The molecule has 5 rings (SSSR count). The average Bonchev–Trinajstić information content (AvgIpc) is 3.42. The fraction of sp³-hybridized carbons (Fsp3) is 0.250. The first kappa shape index (κ1) is 19.7. The lowest BCUT2D eigenvalue weighted by molar-refractivity contribution is -0.140. The fourth-order valence-corrected chi connectivity index (χ4v) is 4.94. The number of fused-ring (bicyclic) bond motifs is 5. The van der Waals surface area contributed by atoms with Gasteiger partial charge in [0.05, 0.1) is 23.6 Å². The summed E-state index contributed by atoms with van der Waals surface area (Å²) in [5.74, 6) is -1.25. The molecule has 3 aliphatic rings. The highest BCUT2D eigenvalue weighted by atomic mass is 35.5. The molecule has 0 radical (unpaired) electrons. The Balaban J connectivity index is 1.39. The number of aryl methyl sites for hydroxylation is 1. The summed E-state index contributed by atoms with van der Waals surface area (Å²) in [6.45, 7) is 1.89. The molecule has 2 fully saturated rings. The number of amides is 2. The van der Waals surface area contributed by atoms with E-state index in [9.17, 15) is 14.4 Å². The predicted octanol–water partition coefficient (Wildman–Crippen LogP) is 4.01. The maximum atomic E-state index is 12.8. The number of carbonyl (C=O) groups excluding carboxylic acids is 3. The van der Waals surface area contributed by atoms with Crippen molar-refractivity contribution in [1.29, 1.82) is 0 Å². The van der Waals surface area contributed by atoms with Gasteiger partial charge in [0.1, 0.15) is 5.75 Å². The third kappa shape index (κ3) is 3.37. The summed E-state index contributed by atoms with van der Waals surface area (Å²) >= 11 is 6.11. The van der Waals surface area contributed by atoms with Gasteiger partial charge in [0, 0.05) is 10.6 Å². The van der Waals surface area contributed by atoms with Crippen molar-refractivity contribution in [2.24, 2.45) is 28.8 Å². The molecule has 1 saturated heterocycles. The summed E-state index contributed by atoms with van der Waals surface area (Å²) in [5, 5.41) is 5.53. The van der Waals surface area contributed by atoms with E-state index >= 15 is 0 Å².